The summed E-state index contributed by atoms with van der Waals surface area (Å²) in [4.78, 5) is 13.1. The van der Waals surface area contributed by atoms with Gasteiger partial charge >= 0.3 is 5.97 Å². The Hall–Kier alpha value is -1.61. The minimum absolute atomic E-state index is 0.616. The fourth-order valence-corrected chi connectivity index (χ4v) is 2.61. The van der Waals surface area contributed by atoms with E-state index in [9.17, 15) is 4.79 Å². The van der Waals surface area contributed by atoms with Crippen LogP contribution in [-0.4, -0.2) is 28.6 Å². The second-order valence-corrected chi connectivity index (χ2v) is 5.19. The first-order valence-corrected chi connectivity index (χ1v) is 6.90. The molecule has 1 N–H and O–H groups in total. The van der Waals surface area contributed by atoms with Crippen molar-refractivity contribution in [1.29, 1.82) is 0 Å². The van der Waals surface area contributed by atoms with Crippen molar-refractivity contribution in [3.8, 4) is 0 Å². The molecule has 0 aliphatic carbocycles. The number of carbonyl (C=O) groups is 1. The third-order valence-electron chi connectivity index (χ3n) is 3.77. The Balaban J connectivity index is 2.13. The number of rotatable bonds is 4. The van der Waals surface area contributed by atoms with Gasteiger partial charge in [-0.2, -0.15) is 0 Å². The predicted molar refractivity (Wildman–Crippen MR) is 76.8 cm³/mol. The Morgan fingerprint density at radius 3 is 2.95 bits per heavy atom. The molecule has 1 heterocycles. The lowest BCUT2D eigenvalue weighted by molar-refractivity contribution is -0.131. The average molecular weight is 259 g/mol. The minimum Gasteiger partial charge on any atom is -0.478 e. The number of hydrogen-bond donors (Lipinski definition) is 1. The van der Waals surface area contributed by atoms with E-state index < -0.39 is 5.97 Å². The molecule has 102 valence electrons. The van der Waals surface area contributed by atoms with Gasteiger partial charge in [0.25, 0.3) is 0 Å². The molecular weight excluding hydrogens is 238 g/mol. The number of hydrogen-bond acceptors (Lipinski definition) is 2. The maximum atomic E-state index is 10.6. The maximum Gasteiger partial charge on any atom is 0.328 e. The minimum atomic E-state index is -0.902. The van der Waals surface area contributed by atoms with Crippen molar-refractivity contribution in [2.24, 2.45) is 0 Å². The van der Waals surface area contributed by atoms with Crippen LogP contribution in [0.25, 0.3) is 6.08 Å². The molecule has 0 spiro atoms. The molecule has 0 radical (unpaired) electrons. The first-order valence-electron chi connectivity index (χ1n) is 6.90. The number of likely N-dealkylation sites (tertiary alicyclic amines) is 1. The van der Waals surface area contributed by atoms with Gasteiger partial charge in [-0.3, -0.25) is 4.90 Å². The second-order valence-electron chi connectivity index (χ2n) is 5.19. The van der Waals surface area contributed by atoms with Crippen LogP contribution in [-0.2, 0) is 11.3 Å². The Kier molecular flexibility index (Phi) is 4.74. The van der Waals surface area contributed by atoms with Crippen LogP contribution in [0.5, 0.6) is 0 Å². The summed E-state index contributed by atoms with van der Waals surface area (Å²) < 4.78 is 0. The van der Waals surface area contributed by atoms with Crippen LogP contribution in [0.1, 0.15) is 37.3 Å². The van der Waals surface area contributed by atoms with E-state index in [4.69, 9.17) is 5.11 Å². The van der Waals surface area contributed by atoms with Crippen LogP contribution in [0.15, 0.2) is 30.3 Å². The smallest absolute Gasteiger partial charge is 0.328 e. The number of aliphatic carboxylic acids is 1. The molecule has 0 aromatic heterocycles. The summed E-state index contributed by atoms with van der Waals surface area (Å²) in [6.45, 7) is 4.31. The van der Waals surface area contributed by atoms with Gasteiger partial charge in [0.15, 0.2) is 0 Å². The van der Waals surface area contributed by atoms with E-state index in [0.29, 0.717) is 6.04 Å². The van der Waals surface area contributed by atoms with Gasteiger partial charge in [-0.1, -0.05) is 30.7 Å². The molecule has 3 nitrogen and oxygen atoms in total. The molecule has 0 amide bonds. The van der Waals surface area contributed by atoms with Gasteiger partial charge in [-0.15, -0.1) is 0 Å². The quantitative estimate of drug-likeness (QED) is 0.844. The highest BCUT2D eigenvalue weighted by Gasteiger charge is 2.18. The van der Waals surface area contributed by atoms with Crippen LogP contribution in [0.3, 0.4) is 0 Å². The van der Waals surface area contributed by atoms with E-state index in [1.165, 1.54) is 30.9 Å². The van der Waals surface area contributed by atoms with Gasteiger partial charge < -0.3 is 5.11 Å². The molecule has 1 saturated heterocycles. The number of nitrogens with zero attached hydrogens (tertiary/aromatic N) is 1. The fourth-order valence-electron chi connectivity index (χ4n) is 2.61. The molecule has 3 heteroatoms. The van der Waals surface area contributed by atoms with E-state index in [-0.39, 0.29) is 0 Å². The van der Waals surface area contributed by atoms with Crippen LogP contribution in [0, 0.1) is 0 Å². The standard InChI is InChI=1S/C16H21NO2/c1-13-6-4-5-11-17(13)12-15-8-3-2-7-14(15)9-10-16(18)19/h2-3,7-10,13H,4-6,11-12H2,1H3,(H,18,19)/b10-9+. The number of carboxylic acids is 1. The van der Waals surface area contributed by atoms with Gasteiger partial charge in [-0.05, 0) is 43.5 Å². The lowest BCUT2D eigenvalue weighted by Crippen LogP contribution is -2.36. The zero-order valence-corrected chi connectivity index (χ0v) is 11.4. The lowest BCUT2D eigenvalue weighted by atomic mass is 10.0. The highest BCUT2D eigenvalue weighted by atomic mass is 16.4. The van der Waals surface area contributed by atoms with Gasteiger partial charge in [-0.25, -0.2) is 4.79 Å². The first-order chi connectivity index (χ1) is 9.16. The summed E-state index contributed by atoms with van der Waals surface area (Å²) in [6, 6.07) is 8.64. The molecule has 0 saturated carbocycles. The van der Waals surface area contributed by atoms with Crippen LogP contribution in [0.2, 0.25) is 0 Å². The number of carboxylic acid groups (broad SMARTS) is 1. The summed E-state index contributed by atoms with van der Waals surface area (Å²) in [5.74, 6) is -0.902. The van der Waals surface area contributed by atoms with Crippen molar-refractivity contribution >= 4 is 12.0 Å². The largest absolute Gasteiger partial charge is 0.478 e. The SMILES string of the molecule is CC1CCCCN1Cc1ccccc1/C=C/C(=O)O. The van der Waals surface area contributed by atoms with E-state index in [1.807, 2.05) is 18.2 Å². The van der Waals surface area contributed by atoms with Crippen molar-refractivity contribution in [2.75, 3.05) is 6.54 Å². The molecule has 1 fully saturated rings. The highest BCUT2D eigenvalue weighted by Crippen LogP contribution is 2.21. The Morgan fingerprint density at radius 2 is 2.21 bits per heavy atom. The molecule has 0 bridgehead atoms. The third kappa shape index (κ3) is 3.93. The van der Waals surface area contributed by atoms with Gasteiger partial charge in [0.2, 0.25) is 0 Å². The van der Waals surface area contributed by atoms with E-state index in [1.54, 1.807) is 6.08 Å². The number of piperidine rings is 1. The molecule has 1 aromatic carbocycles. The topological polar surface area (TPSA) is 40.5 Å². The van der Waals surface area contributed by atoms with Crippen molar-refractivity contribution in [3.05, 3.63) is 41.5 Å². The Morgan fingerprint density at radius 1 is 1.42 bits per heavy atom. The zero-order chi connectivity index (χ0) is 13.7. The molecular formula is C16H21NO2. The Bertz CT molecular complexity index is 468. The molecule has 1 aromatic rings. The highest BCUT2D eigenvalue weighted by molar-refractivity contribution is 5.85. The fraction of sp³-hybridized carbons (Fsp3) is 0.438. The summed E-state index contributed by atoms with van der Waals surface area (Å²) in [6.07, 6.45) is 6.73. The predicted octanol–water partition coefficient (Wildman–Crippen LogP) is 3.16. The van der Waals surface area contributed by atoms with Crippen molar-refractivity contribution < 1.29 is 9.90 Å². The third-order valence-corrected chi connectivity index (χ3v) is 3.77. The molecule has 1 unspecified atom stereocenters. The number of benzene rings is 1. The van der Waals surface area contributed by atoms with Crippen molar-refractivity contribution in [1.82, 2.24) is 4.90 Å². The average Bonchev–Trinajstić information content (AvgIpc) is 2.40. The molecule has 1 aliphatic heterocycles. The summed E-state index contributed by atoms with van der Waals surface area (Å²) in [5.41, 5.74) is 2.21. The molecule has 2 rings (SSSR count). The molecule has 1 atom stereocenters. The van der Waals surface area contributed by atoms with Crippen molar-refractivity contribution in [3.63, 3.8) is 0 Å². The van der Waals surface area contributed by atoms with Crippen LogP contribution >= 0.6 is 0 Å². The van der Waals surface area contributed by atoms with E-state index in [0.717, 1.165) is 18.7 Å². The van der Waals surface area contributed by atoms with Gasteiger partial charge in [0, 0.05) is 18.7 Å². The first kappa shape index (κ1) is 13.8. The molecule has 19 heavy (non-hydrogen) atoms. The Labute approximate surface area is 114 Å². The summed E-state index contributed by atoms with van der Waals surface area (Å²) in [7, 11) is 0. The summed E-state index contributed by atoms with van der Waals surface area (Å²) >= 11 is 0. The van der Waals surface area contributed by atoms with Crippen LogP contribution in [0.4, 0.5) is 0 Å². The summed E-state index contributed by atoms with van der Waals surface area (Å²) in [5, 5.41) is 8.73. The zero-order valence-electron chi connectivity index (χ0n) is 11.4. The normalized spacial score (nSPS) is 20.8. The van der Waals surface area contributed by atoms with Gasteiger partial charge in [0.05, 0.1) is 0 Å². The lowest BCUT2D eigenvalue weighted by Gasteiger charge is -2.33. The second kappa shape index (κ2) is 6.53. The van der Waals surface area contributed by atoms with Crippen molar-refractivity contribution in [2.45, 2.75) is 38.8 Å². The maximum absolute atomic E-state index is 10.6. The van der Waals surface area contributed by atoms with Gasteiger partial charge in [0.1, 0.15) is 0 Å². The van der Waals surface area contributed by atoms with E-state index in [2.05, 4.69) is 17.9 Å². The van der Waals surface area contributed by atoms with Crippen LogP contribution < -0.4 is 0 Å². The van der Waals surface area contributed by atoms with E-state index >= 15 is 0 Å². The monoisotopic (exact) mass is 259 g/mol. The molecule has 1 aliphatic rings.